The quantitative estimate of drug-likeness (QED) is 0.663. The Hall–Kier alpha value is -1.54. The Bertz CT molecular complexity index is 583. The molecular formula is C11H10BrN3O3S. The van der Waals surface area contributed by atoms with Gasteiger partial charge in [-0.15, -0.1) is 0 Å². The van der Waals surface area contributed by atoms with Crippen LogP contribution in [0.1, 0.15) is 0 Å². The van der Waals surface area contributed by atoms with Gasteiger partial charge in [0.1, 0.15) is 0 Å². The number of amides is 1. The molecule has 1 heterocycles. The molecule has 19 heavy (non-hydrogen) atoms. The zero-order valence-corrected chi connectivity index (χ0v) is 12.3. The maximum Gasteiger partial charge on any atom is 0.291 e. The second-order valence-corrected chi connectivity index (χ2v) is 5.42. The summed E-state index contributed by atoms with van der Waals surface area (Å²) in [6.45, 7) is 0. The molecule has 0 spiro atoms. The van der Waals surface area contributed by atoms with Crippen LogP contribution in [0.15, 0.2) is 38.3 Å². The normalized spacial score (nSPS) is 10.4. The number of anilines is 1. The highest BCUT2D eigenvalue weighted by Crippen LogP contribution is 2.23. The molecule has 100 valence electrons. The largest absolute Gasteiger partial charge is 0.538 e. The van der Waals surface area contributed by atoms with Crippen LogP contribution in [0.3, 0.4) is 0 Å². The van der Waals surface area contributed by atoms with Crippen molar-refractivity contribution in [2.45, 2.75) is 5.03 Å². The van der Waals surface area contributed by atoms with E-state index < -0.39 is 5.95 Å². The minimum atomic E-state index is -0.541. The summed E-state index contributed by atoms with van der Waals surface area (Å²) < 4.78 is 6.57. The van der Waals surface area contributed by atoms with E-state index >= 15 is 0 Å². The molecule has 0 bridgehead atoms. The zero-order chi connectivity index (χ0) is 13.8. The lowest BCUT2D eigenvalue weighted by Gasteiger charge is -2.05. The number of aromatic nitrogens is 2. The number of nitrogens with zero attached hydrogens (tertiary/aromatic N) is 2. The van der Waals surface area contributed by atoms with Crippen molar-refractivity contribution in [2.75, 3.05) is 11.1 Å². The van der Waals surface area contributed by atoms with Gasteiger partial charge in [0.15, 0.2) is 13.0 Å². The van der Waals surface area contributed by atoms with Crippen molar-refractivity contribution in [3.63, 3.8) is 0 Å². The predicted octanol–water partition coefficient (Wildman–Crippen LogP) is 1.07. The predicted molar refractivity (Wildman–Crippen MR) is 70.6 cm³/mol. The molecule has 0 aliphatic heterocycles. The number of hydrogen-bond acceptors (Lipinski definition) is 5. The summed E-state index contributed by atoms with van der Waals surface area (Å²) in [5.74, 6) is -0.648. The second-order valence-electron chi connectivity index (χ2n) is 3.61. The van der Waals surface area contributed by atoms with Crippen LogP contribution in [0.4, 0.5) is 5.69 Å². The summed E-state index contributed by atoms with van der Waals surface area (Å²) in [7, 11) is 1.58. The first kappa shape index (κ1) is 13.9. The van der Waals surface area contributed by atoms with Gasteiger partial charge in [-0.05, 0) is 39.8 Å². The number of hydrogen-bond donors (Lipinski definition) is 1. The molecule has 0 saturated carbocycles. The Kier molecular flexibility index (Phi) is 4.43. The lowest BCUT2D eigenvalue weighted by atomic mass is 10.3. The van der Waals surface area contributed by atoms with E-state index in [-0.39, 0.29) is 11.7 Å². The minimum absolute atomic E-state index is 0.103. The molecule has 6 nitrogen and oxygen atoms in total. The Labute approximate surface area is 121 Å². The molecule has 0 unspecified atom stereocenters. The van der Waals surface area contributed by atoms with Crippen molar-refractivity contribution in [3.8, 4) is 5.95 Å². The van der Waals surface area contributed by atoms with Crippen LogP contribution in [-0.2, 0) is 11.8 Å². The number of carbonyl (C=O) groups is 1. The summed E-state index contributed by atoms with van der Waals surface area (Å²) in [5.41, 5.74) is 0.685. The van der Waals surface area contributed by atoms with Crippen molar-refractivity contribution in [1.29, 1.82) is 0 Å². The fourth-order valence-corrected chi connectivity index (χ4v) is 2.44. The zero-order valence-electron chi connectivity index (χ0n) is 9.92. The fourth-order valence-electron chi connectivity index (χ4n) is 1.34. The highest BCUT2D eigenvalue weighted by Gasteiger charge is 2.16. The standard InChI is InChI=1S/C11H10BrN3O3S/c1-15-10(11(17)18-14-15)19-6-9(16)13-8-5-3-2-4-7(8)12/h2-5H,6H2,1H3,(H-,13,14,16,17). The molecule has 0 aliphatic carbocycles. The molecule has 1 amide bonds. The number of carbonyl (C=O) groups excluding carboxylic acids is 1. The summed E-state index contributed by atoms with van der Waals surface area (Å²) in [5, 5.41) is 17.8. The first-order chi connectivity index (χ1) is 9.08. The molecule has 0 aliphatic rings. The van der Waals surface area contributed by atoms with Gasteiger partial charge >= 0.3 is 0 Å². The van der Waals surface area contributed by atoms with Crippen molar-refractivity contribution in [1.82, 2.24) is 5.27 Å². The van der Waals surface area contributed by atoms with E-state index in [0.29, 0.717) is 10.7 Å². The smallest absolute Gasteiger partial charge is 0.291 e. The fraction of sp³-hybridized carbons (Fsp3) is 0.182. The van der Waals surface area contributed by atoms with Gasteiger partial charge < -0.3 is 14.9 Å². The van der Waals surface area contributed by atoms with E-state index in [4.69, 9.17) is 0 Å². The molecular weight excluding hydrogens is 334 g/mol. The van der Waals surface area contributed by atoms with Gasteiger partial charge in [0.2, 0.25) is 5.91 Å². The molecule has 2 aromatic rings. The number of benzene rings is 1. The molecule has 0 radical (unpaired) electrons. The van der Waals surface area contributed by atoms with Crippen LogP contribution in [-0.4, -0.2) is 16.9 Å². The monoisotopic (exact) mass is 343 g/mol. The van der Waals surface area contributed by atoms with Gasteiger partial charge in [0.05, 0.1) is 16.7 Å². The molecule has 0 saturated heterocycles. The van der Waals surface area contributed by atoms with E-state index in [0.717, 1.165) is 16.2 Å². The highest BCUT2D eigenvalue weighted by molar-refractivity contribution is 9.10. The summed E-state index contributed by atoms with van der Waals surface area (Å²) in [6.07, 6.45) is 0. The highest BCUT2D eigenvalue weighted by atomic mass is 79.9. The van der Waals surface area contributed by atoms with Crippen LogP contribution < -0.4 is 15.1 Å². The average molecular weight is 344 g/mol. The summed E-state index contributed by atoms with van der Waals surface area (Å²) in [6, 6.07) is 7.29. The van der Waals surface area contributed by atoms with Gasteiger partial charge in [0, 0.05) is 4.47 Å². The number of rotatable bonds is 4. The minimum Gasteiger partial charge on any atom is -0.538 e. The molecule has 2 rings (SSSR count). The van der Waals surface area contributed by atoms with Crippen molar-refractivity contribution in [3.05, 3.63) is 28.7 Å². The number of thioether (sulfide) groups is 1. The molecule has 8 heteroatoms. The molecule has 0 fully saturated rings. The maximum absolute atomic E-state index is 11.8. The Morgan fingerprint density at radius 3 is 2.95 bits per heavy atom. The van der Waals surface area contributed by atoms with Crippen LogP contribution in [0.5, 0.6) is 5.95 Å². The Balaban J connectivity index is 1.94. The third-order valence-electron chi connectivity index (χ3n) is 2.20. The number of nitrogens with one attached hydrogen (secondary N) is 1. The first-order valence-electron chi connectivity index (χ1n) is 5.28. The summed E-state index contributed by atoms with van der Waals surface area (Å²) >= 11 is 4.42. The SMILES string of the molecule is C[n+]1noc([O-])c1SCC(=O)Nc1ccccc1Br. The van der Waals surface area contributed by atoms with E-state index in [1.807, 2.05) is 18.2 Å². The van der Waals surface area contributed by atoms with Gasteiger partial charge in [-0.3, -0.25) is 4.79 Å². The third-order valence-corrected chi connectivity index (χ3v) is 4.01. The van der Waals surface area contributed by atoms with Gasteiger partial charge in [-0.1, -0.05) is 16.8 Å². The van der Waals surface area contributed by atoms with Crippen molar-refractivity contribution >= 4 is 39.3 Å². The lowest BCUT2D eigenvalue weighted by Crippen LogP contribution is -2.32. The van der Waals surface area contributed by atoms with Crippen LogP contribution in [0.2, 0.25) is 0 Å². The van der Waals surface area contributed by atoms with Crippen LogP contribution in [0.25, 0.3) is 0 Å². The Morgan fingerprint density at radius 2 is 2.32 bits per heavy atom. The van der Waals surface area contributed by atoms with Crippen LogP contribution in [0, 0.1) is 0 Å². The van der Waals surface area contributed by atoms with E-state index in [1.165, 1.54) is 4.68 Å². The lowest BCUT2D eigenvalue weighted by molar-refractivity contribution is -0.772. The topological polar surface area (TPSA) is 82.1 Å². The molecule has 1 aromatic carbocycles. The average Bonchev–Trinajstić information content (AvgIpc) is 2.70. The van der Waals surface area contributed by atoms with Gasteiger partial charge in [0.25, 0.3) is 5.03 Å². The maximum atomic E-state index is 11.8. The van der Waals surface area contributed by atoms with Crippen molar-refractivity contribution in [2.24, 2.45) is 7.05 Å². The van der Waals surface area contributed by atoms with Crippen LogP contribution >= 0.6 is 27.7 Å². The first-order valence-corrected chi connectivity index (χ1v) is 7.06. The van der Waals surface area contributed by atoms with E-state index in [2.05, 4.69) is 31.0 Å². The molecule has 0 atom stereocenters. The van der Waals surface area contributed by atoms with E-state index in [9.17, 15) is 9.90 Å². The van der Waals surface area contributed by atoms with Gasteiger partial charge in [-0.2, -0.15) is 0 Å². The molecule has 1 aromatic heterocycles. The van der Waals surface area contributed by atoms with E-state index in [1.54, 1.807) is 13.1 Å². The Morgan fingerprint density at radius 1 is 1.58 bits per heavy atom. The van der Waals surface area contributed by atoms with Crippen molar-refractivity contribution < 1.29 is 19.1 Å². The number of halogens is 1. The number of para-hydroxylation sites is 1. The summed E-state index contributed by atoms with van der Waals surface area (Å²) in [4.78, 5) is 11.8. The van der Waals surface area contributed by atoms with Gasteiger partial charge in [-0.25, -0.2) is 0 Å². The second kappa shape index (κ2) is 6.07. The third kappa shape index (κ3) is 3.48. The molecule has 1 N–H and O–H groups in total. The number of aryl methyl sites for hydroxylation is 1.